The van der Waals surface area contributed by atoms with Crippen molar-refractivity contribution in [3.05, 3.63) is 0 Å². The molecule has 0 aliphatic carbocycles. The van der Waals surface area contributed by atoms with E-state index >= 15 is 0 Å². The number of amides is 2. The van der Waals surface area contributed by atoms with E-state index in [1.54, 1.807) is 0 Å². The van der Waals surface area contributed by atoms with Crippen LogP contribution in [-0.2, 0) is 9.59 Å². The maximum Gasteiger partial charge on any atom is 0.248 e. The Labute approximate surface area is 99.1 Å². The van der Waals surface area contributed by atoms with Gasteiger partial charge in [0.25, 0.3) is 0 Å². The summed E-state index contributed by atoms with van der Waals surface area (Å²) >= 11 is 1.92. The van der Waals surface area contributed by atoms with Crippen molar-refractivity contribution in [3.8, 4) is 0 Å². The van der Waals surface area contributed by atoms with Gasteiger partial charge in [0, 0.05) is 6.42 Å². The SMILES string of the molecule is NC(=O)C(O)CNC(=O)CC1CCSCC1. The van der Waals surface area contributed by atoms with Crippen LogP contribution in [0.25, 0.3) is 0 Å². The standard InChI is InChI=1S/C10H18N2O3S/c11-10(15)8(13)6-12-9(14)5-7-1-3-16-4-2-7/h7-8,13H,1-6H2,(H2,11,15)(H,12,14). The predicted molar refractivity (Wildman–Crippen MR) is 62.9 cm³/mol. The lowest BCUT2D eigenvalue weighted by Crippen LogP contribution is -2.40. The van der Waals surface area contributed by atoms with Gasteiger partial charge in [0.15, 0.2) is 0 Å². The van der Waals surface area contributed by atoms with Gasteiger partial charge in [0.1, 0.15) is 6.10 Å². The Bertz CT molecular complexity index is 254. The number of aliphatic hydroxyl groups is 1. The minimum atomic E-state index is -1.29. The van der Waals surface area contributed by atoms with Crippen LogP contribution in [0.15, 0.2) is 0 Å². The summed E-state index contributed by atoms with van der Waals surface area (Å²) in [6, 6.07) is 0. The van der Waals surface area contributed by atoms with Crippen LogP contribution in [0, 0.1) is 5.92 Å². The molecule has 1 unspecified atom stereocenters. The van der Waals surface area contributed by atoms with Crippen molar-refractivity contribution >= 4 is 23.6 Å². The van der Waals surface area contributed by atoms with Crippen molar-refractivity contribution in [1.82, 2.24) is 5.32 Å². The minimum absolute atomic E-state index is 0.0877. The Balaban J connectivity index is 2.17. The molecule has 2 amide bonds. The predicted octanol–water partition coefficient (Wildman–Crippen LogP) is -0.518. The van der Waals surface area contributed by atoms with Crippen LogP contribution in [0.4, 0.5) is 0 Å². The van der Waals surface area contributed by atoms with Crippen LogP contribution < -0.4 is 11.1 Å². The average molecular weight is 246 g/mol. The fraction of sp³-hybridized carbons (Fsp3) is 0.800. The molecule has 1 fully saturated rings. The summed E-state index contributed by atoms with van der Waals surface area (Å²) in [7, 11) is 0. The molecule has 0 aromatic carbocycles. The number of hydrogen-bond donors (Lipinski definition) is 3. The summed E-state index contributed by atoms with van der Waals surface area (Å²) in [6.07, 6.45) is 1.32. The van der Waals surface area contributed by atoms with Crippen LogP contribution in [0.3, 0.4) is 0 Å². The summed E-state index contributed by atoms with van der Waals surface area (Å²) in [4.78, 5) is 22.0. The summed E-state index contributed by atoms with van der Waals surface area (Å²) in [5.74, 6) is 1.74. The van der Waals surface area contributed by atoms with E-state index in [4.69, 9.17) is 10.8 Å². The number of aliphatic hydroxyl groups excluding tert-OH is 1. The van der Waals surface area contributed by atoms with Crippen molar-refractivity contribution < 1.29 is 14.7 Å². The average Bonchev–Trinajstić information content (AvgIpc) is 2.27. The normalized spacial score (nSPS) is 19.1. The minimum Gasteiger partial charge on any atom is -0.381 e. The second-order valence-corrected chi connectivity index (χ2v) is 5.21. The second-order valence-electron chi connectivity index (χ2n) is 3.98. The first-order valence-electron chi connectivity index (χ1n) is 5.41. The highest BCUT2D eigenvalue weighted by molar-refractivity contribution is 7.99. The molecule has 0 bridgehead atoms. The van der Waals surface area contributed by atoms with Gasteiger partial charge in [0.05, 0.1) is 6.54 Å². The van der Waals surface area contributed by atoms with E-state index in [9.17, 15) is 9.59 Å². The number of carbonyl (C=O) groups excluding carboxylic acids is 2. The van der Waals surface area contributed by atoms with Crippen LogP contribution >= 0.6 is 11.8 Å². The number of carbonyl (C=O) groups is 2. The third-order valence-electron chi connectivity index (χ3n) is 2.64. The summed E-state index contributed by atoms with van der Waals surface area (Å²) in [5.41, 5.74) is 4.86. The quantitative estimate of drug-likeness (QED) is 0.608. The van der Waals surface area contributed by atoms with E-state index in [-0.39, 0.29) is 12.5 Å². The van der Waals surface area contributed by atoms with Crippen molar-refractivity contribution in [3.63, 3.8) is 0 Å². The zero-order valence-electron chi connectivity index (χ0n) is 9.15. The lowest BCUT2D eigenvalue weighted by molar-refractivity contribution is -0.127. The highest BCUT2D eigenvalue weighted by atomic mass is 32.2. The molecule has 0 aromatic heterocycles. The number of rotatable bonds is 5. The molecule has 4 N–H and O–H groups in total. The summed E-state index contributed by atoms with van der Waals surface area (Å²) < 4.78 is 0. The lowest BCUT2D eigenvalue weighted by Gasteiger charge is -2.20. The van der Waals surface area contributed by atoms with Gasteiger partial charge < -0.3 is 16.2 Å². The van der Waals surface area contributed by atoms with Gasteiger partial charge >= 0.3 is 0 Å². The Morgan fingerprint density at radius 2 is 2.06 bits per heavy atom. The molecular weight excluding hydrogens is 228 g/mol. The zero-order valence-corrected chi connectivity index (χ0v) is 9.96. The molecule has 1 atom stereocenters. The first kappa shape index (κ1) is 13.3. The summed E-state index contributed by atoms with van der Waals surface area (Å²) in [5, 5.41) is 11.6. The molecule has 0 radical (unpaired) electrons. The van der Waals surface area contributed by atoms with Gasteiger partial charge in [0.2, 0.25) is 11.8 Å². The van der Waals surface area contributed by atoms with E-state index in [1.807, 2.05) is 11.8 Å². The Kier molecular flexibility index (Phi) is 5.62. The number of nitrogens with two attached hydrogens (primary N) is 1. The molecule has 0 aromatic rings. The molecule has 0 saturated carbocycles. The highest BCUT2D eigenvalue weighted by Gasteiger charge is 2.18. The first-order chi connectivity index (χ1) is 7.59. The van der Waals surface area contributed by atoms with Crippen molar-refractivity contribution in [1.29, 1.82) is 0 Å². The zero-order chi connectivity index (χ0) is 12.0. The third kappa shape index (κ3) is 4.85. The van der Waals surface area contributed by atoms with E-state index in [2.05, 4.69) is 5.32 Å². The Morgan fingerprint density at radius 1 is 1.44 bits per heavy atom. The maximum atomic E-state index is 11.5. The number of nitrogens with one attached hydrogen (secondary N) is 1. The van der Waals surface area contributed by atoms with E-state index < -0.39 is 12.0 Å². The molecule has 16 heavy (non-hydrogen) atoms. The van der Waals surface area contributed by atoms with E-state index in [1.165, 1.54) is 0 Å². The lowest BCUT2D eigenvalue weighted by atomic mass is 9.98. The first-order valence-corrected chi connectivity index (χ1v) is 6.57. The molecule has 1 aliphatic heterocycles. The number of hydrogen-bond acceptors (Lipinski definition) is 4. The Hall–Kier alpha value is -0.750. The highest BCUT2D eigenvalue weighted by Crippen LogP contribution is 2.24. The number of thioether (sulfide) groups is 1. The van der Waals surface area contributed by atoms with Gasteiger partial charge in [-0.25, -0.2) is 0 Å². The molecule has 5 nitrogen and oxygen atoms in total. The van der Waals surface area contributed by atoms with E-state index in [0.29, 0.717) is 12.3 Å². The van der Waals surface area contributed by atoms with Crippen LogP contribution in [0.1, 0.15) is 19.3 Å². The van der Waals surface area contributed by atoms with Crippen LogP contribution in [-0.4, -0.2) is 41.1 Å². The number of primary amides is 1. The fourth-order valence-electron chi connectivity index (χ4n) is 1.60. The van der Waals surface area contributed by atoms with Crippen molar-refractivity contribution in [2.24, 2.45) is 11.7 Å². The van der Waals surface area contributed by atoms with Gasteiger partial charge in [-0.3, -0.25) is 9.59 Å². The van der Waals surface area contributed by atoms with Gasteiger partial charge in [-0.1, -0.05) is 0 Å². The molecule has 1 aliphatic rings. The molecule has 0 spiro atoms. The fourth-order valence-corrected chi connectivity index (χ4v) is 2.80. The molecular formula is C10H18N2O3S. The smallest absolute Gasteiger partial charge is 0.248 e. The molecule has 1 rings (SSSR count). The van der Waals surface area contributed by atoms with Crippen molar-refractivity contribution in [2.75, 3.05) is 18.1 Å². The molecule has 1 saturated heterocycles. The van der Waals surface area contributed by atoms with Gasteiger partial charge in [-0.15, -0.1) is 0 Å². The summed E-state index contributed by atoms with van der Waals surface area (Å²) in [6.45, 7) is -0.0877. The monoisotopic (exact) mass is 246 g/mol. The van der Waals surface area contributed by atoms with Crippen molar-refractivity contribution in [2.45, 2.75) is 25.4 Å². The molecule has 1 heterocycles. The van der Waals surface area contributed by atoms with Gasteiger partial charge in [-0.05, 0) is 30.3 Å². The molecule has 92 valence electrons. The third-order valence-corrected chi connectivity index (χ3v) is 3.68. The maximum absolute atomic E-state index is 11.5. The second kappa shape index (κ2) is 6.75. The van der Waals surface area contributed by atoms with Crippen LogP contribution in [0.2, 0.25) is 0 Å². The largest absolute Gasteiger partial charge is 0.381 e. The van der Waals surface area contributed by atoms with E-state index in [0.717, 1.165) is 24.3 Å². The van der Waals surface area contributed by atoms with Crippen LogP contribution in [0.5, 0.6) is 0 Å². The molecule has 6 heteroatoms. The topological polar surface area (TPSA) is 92.4 Å². The Morgan fingerprint density at radius 3 is 2.62 bits per heavy atom. The van der Waals surface area contributed by atoms with Gasteiger partial charge in [-0.2, -0.15) is 11.8 Å².